The van der Waals surface area contributed by atoms with Crippen LogP contribution in [-0.2, 0) is 0 Å². The molecule has 2 aromatic carbocycles. The van der Waals surface area contributed by atoms with Crippen molar-refractivity contribution in [1.82, 2.24) is 5.32 Å². The Kier molecular flexibility index (Phi) is 5.78. The monoisotopic (exact) mass is 463 g/mol. The number of benzene rings is 2. The summed E-state index contributed by atoms with van der Waals surface area (Å²) >= 11 is 10.4. The second-order valence-corrected chi connectivity index (χ2v) is 6.86. The molecule has 0 saturated heterocycles. The van der Waals surface area contributed by atoms with Crippen molar-refractivity contribution in [2.45, 2.75) is 13.0 Å². The maximum Gasteiger partial charge on any atom is 0.137 e. The molecule has 0 aliphatic carbocycles. The van der Waals surface area contributed by atoms with Gasteiger partial charge in [-0.25, -0.2) is 4.39 Å². The van der Waals surface area contributed by atoms with Crippen molar-refractivity contribution in [3.8, 4) is 0 Å². The quantitative estimate of drug-likeness (QED) is 0.600. The summed E-state index contributed by atoms with van der Waals surface area (Å²) in [5.41, 5.74) is 1.94. The lowest BCUT2D eigenvalue weighted by Gasteiger charge is -2.22. The fourth-order valence-electron chi connectivity index (χ4n) is 2.07. The number of rotatable bonds is 4. The topological polar surface area (TPSA) is 12.0 Å². The highest BCUT2D eigenvalue weighted by Gasteiger charge is 2.20. The molecule has 1 N–H and O–H groups in total. The molecule has 106 valence electrons. The van der Waals surface area contributed by atoms with Gasteiger partial charge in [-0.15, -0.1) is 0 Å². The molecule has 1 unspecified atom stereocenters. The van der Waals surface area contributed by atoms with E-state index in [4.69, 9.17) is 0 Å². The molecular weight excluding hydrogens is 453 g/mol. The van der Waals surface area contributed by atoms with Crippen LogP contribution >= 0.6 is 47.8 Å². The van der Waals surface area contributed by atoms with Gasteiger partial charge in [-0.3, -0.25) is 0 Å². The van der Waals surface area contributed by atoms with Crippen LogP contribution in [0.3, 0.4) is 0 Å². The highest BCUT2D eigenvalue weighted by molar-refractivity contribution is 9.11. The molecule has 1 atom stereocenters. The Hall–Kier alpha value is -0.230. The molecule has 2 aromatic rings. The molecule has 5 heteroatoms. The zero-order valence-corrected chi connectivity index (χ0v) is 15.5. The van der Waals surface area contributed by atoms with E-state index >= 15 is 0 Å². The molecule has 0 amide bonds. The Labute approximate surface area is 143 Å². The number of nitrogens with one attached hydrogen (secondary N) is 1. The Morgan fingerprint density at radius 3 is 2.55 bits per heavy atom. The third-order valence-electron chi connectivity index (χ3n) is 2.97. The van der Waals surface area contributed by atoms with Crippen LogP contribution in [-0.4, -0.2) is 6.54 Å². The maximum atomic E-state index is 13.8. The number of halogens is 4. The van der Waals surface area contributed by atoms with E-state index in [2.05, 4.69) is 53.1 Å². The van der Waals surface area contributed by atoms with Gasteiger partial charge >= 0.3 is 0 Å². The molecule has 0 spiro atoms. The van der Waals surface area contributed by atoms with E-state index < -0.39 is 0 Å². The minimum atomic E-state index is -0.253. The highest BCUT2D eigenvalue weighted by atomic mass is 79.9. The lowest BCUT2D eigenvalue weighted by atomic mass is 9.98. The summed E-state index contributed by atoms with van der Waals surface area (Å²) in [5.74, 6) is -0.253. The average molecular weight is 466 g/mol. The Balaban J connectivity index is 2.56. The van der Waals surface area contributed by atoms with Crippen LogP contribution in [0.2, 0.25) is 0 Å². The minimum Gasteiger partial charge on any atom is -0.306 e. The summed E-state index contributed by atoms with van der Waals surface area (Å²) in [6.07, 6.45) is 0. The molecule has 0 aliphatic rings. The molecule has 0 radical (unpaired) electrons. The van der Waals surface area contributed by atoms with Gasteiger partial charge in [-0.2, -0.15) is 0 Å². The van der Waals surface area contributed by atoms with E-state index in [0.717, 1.165) is 26.6 Å². The van der Waals surface area contributed by atoms with E-state index in [-0.39, 0.29) is 11.9 Å². The second-order valence-electron chi connectivity index (χ2n) is 4.30. The number of hydrogen-bond donors (Lipinski definition) is 1. The van der Waals surface area contributed by atoms with Crippen LogP contribution < -0.4 is 5.32 Å². The SMILES string of the molecule is CCNC(c1cc(Br)ccc1Br)c1cccc(F)c1Br. The van der Waals surface area contributed by atoms with E-state index in [1.54, 1.807) is 6.07 Å². The zero-order valence-electron chi connectivity index (χ0n) is 10.8. The van der Waals surface area contributed by atoms with Gasteiger partial charge in [0.25, 0.3) is 0 Å². The van der Waals surface area contributed by atoms with Crippen LogP contribution in [0.25, 0.3) is 0 Å². The van der Waals surface area contributed by atoms with Crippen molar-refractivity contribution in [2.24, 2.45) is 0 Å². The van der Waals surface area contributed by atoms with E-state index in [1.165, 1.54) is 6.07 Å². The highest BCUT2D eigenvalue weighted by Crippen LogP contribution is 2.35. The summed E-state index contributed by atoms with van der Waals surface area (Å²) in [4.78, 5) is 0. The molecule has 1 nitrogen and oxygen atoms in total. The zero-order chi connectivity index (χ0) is 14.7. The van der Waals surface area contributed by atoms with Crippen molar-refractivity contribution in [1.29, 1.82) is 0 Å². The summed E-state index contributed by atoms with van der Waals surface area (Å²) < 4.78 is 16.3. The lowest BCUT2D eigenvalue weighted by molar-refractivity contribution is 0.594. The maximum absolute atomic E-state index is 13.8. The van der Waals surface area contributed by atoms with Crippen LogP contribution in [0.4, 0.5) is 4.39 Å². The predicted molar refractivity (Wildman–Crippen MR) is 91.5 cm³/mol. The van der Waals surface area contributed by atoms with Gasteiger partial charge in [0.15, 0.2) is 0 Å². The Morgan fingerprint density at radius 1 is 1.10 bits per heavy atom. The van der Waals surface area contributed by atoms with Crippen molar-refractivity contribution in [2.75, 3.05) is 6.54 Å². The molecule has 0 bridgehead atoms. The normalized spacial score (nSPS) is 12.4. The molecule has 0 heterocycles. The van der Waals surface area contributed by atoms with E-state index in [0.29, 0.717) is 4.47 Å². The largest absolute Gasteiger partial charge is 0.306 e. The Morgan fingerprint density at radius 2 is 1.85 bits per heavy atom. The first-order valence-corrected chi connectivity index (χ1v) is 8.54. The minimum absolute atomic E-state index is 0.0862. The molecule has 2 rings (SSSR count). The first kappa shape index (κ1) is 16.1. The van der Waals surface area contributed by atoms with Gasteiger partial charge in [-0.05, 0) is 57.9 Å². The first-order chi connectivity index (χ1) is 9.54. The van der Waals surface area contributed by atoms with Crippen molar-refractivity contribution in [3.63, 3.8) is 0 Å². The smallest absolute Gasteiger partial charge is 0.137 e. The average Bonchev–Trinajstić information content (AvgIpc) is 2.43. The summed E-state index contributed by atoms with van der Waals surface area (Å²) in [5, 5.41) is 3.40. The fraction of sp³-hybridized carbons (Fsp3) is 0.200. The molecule has 0 fully saturated rings. The number of hydrogen-bond acceptors (Lipinski definition) is 1. The summed E-state index contributed by atoms with van der Waals surface area (Å²) in [6, 6.07) is 11.0. The third kappa shape index (κ3) is 3.50. The van der Waals surface area contributed by atoms with Crippen molar-refractivity contribution < 1.29 is 4.39 Å². The van der Waals surface area contributed by atoms with Gasteiger partial charge in [0.1, 0.15) is 5.82 Å². The van der Waals surface area contributed by atoms with Gasteiger partial charge in [0, 0.05) is 8.95 Å². The fourth-order valence-corrected chi connectivity index (χ4v) is 3.42. The van der Waals surface area contributed by atoms with E-state index in [1.807, 2.05) is 31.2 Å². The van der Waals surface area contributed by atoms with Gasteiger partial charge in [0.2, 0.25) is 0 Å². The second kappa shape index (κ2) is 7.16. The van der Waals surface area contributed by atoms with Crippen LogP contribution in [0.1, 0.15) is 24.1 Å². The van der Waals surface area contributed by atoms with Gasteiger partial charge < -0.3 is 5.32 Å². The predicted octanol–water partition coefficient (Wildman–Crippen LogP) is 5.81. The van der Waals surface area contributed by atoms with Crippen LogP contribution in [0.5, 0.6) is 0 Å². The summed E-state index contributed by atoms with van der Waals surface area (Å²) in [6.45, 7) is 2.82. The molecule has 0 aromatic heterocycles. The standard InChI is InChI=1S/C15H13Br3FN/c1-2-20-15(10-4-3-5-13(19)14(10)18)11-8-9(16)6-7-12(11)17/h3-8,15,20H,2H2,1H3. The first-order valence-electron chi connectivity index (χ1n) is 6.16. The molecule has 20 heavy (non-hydrogen) atoms. The van der Waals surface area contributed by atoms with Gasteiger partial charge in [-0.1, -0.05) is 50.9 Å². The Bertz CT molecular complexity index is 614. The van der Waals surface area contributed by atoms with Crippen LogP contribution in [0.15, 0.2) is 49.8 Å². The summed E-state index contributed by atoms with van der Waals surface area (Å²) in [7, 11) is 0. The van der Waals surface area contributed by atoms with Gasteiger partial charge in [0.05, 0.1) is 10.5 Å². The molecular formula is C15H13Br3FN. The molecule has 0 saturated carbocycles. The van der Waals surface area contributed by atoms with E-state index in [9.17, 15) is 4.39 Å². The van der Waals surface area contributed by atoms with Crippen molar-refractivity contribution in [3.05, 3.63) is 66.8 Å². The van der Waals surface area contributed by atoms with Crippen molar-refractivity contribution >= 4 is 47.8 Å². The lowest BCUT2D eigenvalue weighted by Crippen LogP contribution is -2.23. The molecule has 0 aliphatic heterocycles. The third-order valence-corrected chi connectivity index (χ3v) is 5.02. The van der Waals surface area contributed by atoms with Crippen LogP contribution in [0, 0.1) is 5.82 Å².